The Hall–Kier alpha value is -3.46. The van der Waals surface area contributed by atoms with E-state index in [0.29, 0.717) is 38.3 Å². The molecule has 0 spiro atoms. The number of ether oxygens (including phenoxy) is 3. The topological polar surface area (TPSA) is 99.6 Å². The zero-order chi connectivity index (χ0) is 22.4. The Morgan fingerprint density at radius 1 is 1.10 bits per heavy atom. The number of thiazole rings is 1. The molecule has 0 radical (unpaired) electrons. The van der Waals surface area contributed by atoms with Gasteiger partial charge in [-0.1, -0.05) is 12.1 Å². The zero-order valence-electron chi connectivity index (χ0n) is 17.7. The highest BCUT2D eigenvalue weighted by atomic mass is 32.1. The van der Waals surface area contributed by atoms with Crippen LogP contribution in [0.5, 0.6) is 11.5 Å². The highest BCUT2D eigenvalue weighted by molar-refractivity contribution is 7.17. The zero-order valence-corrected chi connectivity index (χ0v) is 18.5. The van der Waals surface area contributed by atoms with E-state index in [9.17, 15) is 9.59 Å². The van der Waals surface area contributed by atoms with E-state index >= 15 is 0 Å². The number of hydrogen-bond acceptors (Lipinski definition) is 8. The summed E-state index contributed by atoms with van der Waals surface area (Å²) in [5.74, 6) is 0.263. The van der Waals surface area contributed by atoms with Crippen LogP contribution in [0.15, 0.2) is 42.6 Å². The first-order valence-corrected chi connectivity index (χ1v) is 10.3. The van der Waals surface area contributed by atoms with E-state index in [1.54, 1.807) is 31.3 Å². The van der Waals surface area contributed by atoms with Crippen LogP contribution in [-0.2, 0) is 9.53 Å². The second-order valence-corrected chi connectivity index (χ2v) is 7.57. The minimum Gasteiger partial charge on any atom is -0.493 e. The maximum atomic E-state index is 13.1. The van der Waals surface area contributed by atoms with Crippen LogP contribution in [0.2, 0.25) is 0 Å². The number of nitrogens with zero attached hydrogens (tertiary/aromatic N) is 2. The predicted molar refractivity (Wildman–Crippen MR) is 116 cm³/mol. The largest absolute Gasteiger partial charge is 0.493 e. The van der Waals surface area contributed by atoms with Crippen LogP contribution in [0.3, 0.4) is 0 Å². The second-order valence-electron chi connectivity index (χ2n) is 6.57. The molecule has 0 saturated carbocycles. The van der Waals surface area contributed by atoms with Crippen molar-refractivity contribution >= 4 is 23.2 Å². The third-order valence-electron chi connectivity index (χ3n) is 4.60. The van der Waals surface area contributed by atoms with Gasteiger partial charge in [-0.3, -0.25) is 14.6 Å². The molecule has 2 aromatic heterocycles. The molecule has 1 N–H and O–H groups in total. The molecule has 0 unspecified atom stereocenters. The maximum Gasteiger partial charge on any atom is 0.307 e. The molecule has 0 saturated heterocycles. The molecule has 0 bridgehead atoms. The number of nitrogens with one attached hydrogen (secondary N) is 1. The molecular formula is C22H23N3O5S. The Morgan fingerprint density at radius 2 is 1.87 bits per heavy atom. The summed E-state index contributed by atoms with van der Waals surface area (Å²) in [4.78, 5) is 34.3. The Balaban J connectivity index is 1.89. The Morgan fingerprint density at radius 3 is 2.52 bits per heavy atom. The number of methoxy groups -OCH3 is 3. The summed E-state index contributed by atoms with van der Waals surface area (Å²) in [5, 5.41) is 3.57. The van der Waals surface area contributed by atoms with E-state index in [1.165, 1.54) is 32.7 Å². The summed E-state index contributed by atoms with van der Waals surface area (Å²) in [6.45, 7) is 1.77. The quantitative estimate of drug-likeness (QED) is 0.534. The van der Waals surface area contributed by atoms with Gasteiger partial charge in [0.05, 0.1) is 45.2 Å². The highest BCUT2D eigenvalue weighted by Crippen LogP contribution is 2.32. The molecule has 3 aromatic rings. The summed E-state index contributed by atoms with van der Waals surface area (Å²) in [7, 11) is 4.37. The van der Waals surface area contributed by atoms with Crippen molar-refractivity contribution in [2.24, 2.45) is 0 Å². The number of carbonyl (C=O) groups excluding carboxylic acids is 2. The highest BCUT2D eigenvalue weighted by Gasteiger charge is 2.24. The van der Waals surface area contributed by atoms with Gasteiger partial charge in [0.15, 0.2) is 11.5 Å². The van der Waals surface area contributed by atoms with Crippen LogP contribution in [0.4, 0.5) is 0 Å². The smallest absolute Gasteiger partial charge is 0.307 e. The van der Waals surface area contributed by atoms with Crippen molar-refractivity contribution in [3.05, 3.63) is 58.7 Å². The minimum absolute atomic E-state index is 0.0390. The molecule has 2 heterocycles. The summed E-state index contributed by atoms with van der Waals surface area (Å²) in [6, 6.07) is 10.1. The van der Waals surface area contributed by atoms with Gasteiger partial charge in [0.1, 0.15) is 9.88 Å². The average Bonchev–Trinajstić information content (AvgIpc) is 3.20. The molecule has 1 atom stereocenters. The monoisotopic (exact) mass is 441 g/mol. The van der Waals surface area contributed by atoms with Crippen LogP contribution in [0.1, 0.15) is 33.4 Å². The van der Waals surface area contributed by atoms with Gasteiger partial charge in [-0.05, 0) is 36.8 Å². The summed E-state index contributed by atoms with van der Waals surface area (Å²) >= 11 is 1.25. The molecule has 0 fully saturated rings. The number of esters is 1. The van der Waals surface area contributed by atoms with Crippen molar-refractivity contribution in [2.45, 2.75) is 19.4 Å². The molecule has 3 rings (SSSR count). The van der Waals surface area contributed by atoms with Crippen LogP contribution < -0.4 is 14.8 Å². The minimum atomic E-state index is -0.625. The number of rotatable bonds is 8. The van der Waals surface area contributed by atoms with Gasteiger partial charge in [-0.25, -0.2) is 4.98 Å². The van der Waals surface area contributed by atoms with Crippen LogP contribution in [0.25, 0.3) is 10.7 Å². The maximum absolute atomic E-state index is 13.1. The first-order chi connectivity index (χ1) is 15.0. The van der Waals surface area contributed by atoms with Crippen molar-refractivity contribution in [1.29, 1.82) is 0 Å². The fourth-order valence-electron chi connectivity index (χ4n) is 3.00. The predicted octanol–water partition coefficient (Wildman–Crippen LogP) is 3.56. The number of aromatic nitrogens is 2. The number of aryl methyl sites for hydroxylation is 1. The van der Waals surface area contributed by atoms with Gasteiger partial charge in [0, 0.05) is 6.20 Å². The SMILES string of the molecule is COC(=O)C[C@@H](NC(=O)c1sc(-c2ccccn2)nc1C)c1ccc(OC)c(OC)c1. The van der Waals surface area contributed by atoms with E-state index in [-0.39, 0.29) is 12.3 Å². The van der Waals surface area contributed by atoms with Crippen molar-refractivity contribution in [3.63, 3.8) is 0 Å². The molecule has 162 valence electrons. The molecular weight excluding hydrogens is 418 g/mol. The Labute approximate surface area is 184 Å². The summed E-state index contributed by atoms with van der Waals surface area (Å²) in [6.07, 6.45) is 1.64. The molecule has 0 aliphatic heterocycles. The third kappa shape index (κ3) is 5.18. The standard InChI is InChI=1S/C22H23N3O5S/c1-13-20(31-22(24-13)15-7-5-6-10-23-15)21(27)25-16(12-19(26)30-4)14-8-9-17(28-2)18(11-14)29-3/h5-11,16H,12H2,1-4H3,(H,25,27)/t16-/m1/s1. The van der Waals surface area contributed by atoms with Crippen molar-refractivity contribution in [3.8, 4) is 22.2 Å². The lowest BCUT2D eigenvalue weighted by atomic mass is 10.0. The van der Waals surface area contributed by atoms with E-state index in [1.807, 2.05) is 18.2 Å². The number of pyridine rings is 1. The fraction of sp³-hybridized carbons (Fsp3) is 0.273. The van der Waals surface area contributed by atoms with Gasteiger partial charge in [-0.15, -0.1) is 11.3 Å². The Bertz CT molecular complexity index is 1070. The lowest BCUT2D eigenvalue weighted by Gasteiger charge is -2.19. The number of carbonyl (C=O) groups is 2. The molecule has 31 heavy (non-hydrogen) atoms. The first kappa shape index (κ1) is 22.2. The van der Waals surface area contributed by atoms with Gasteiger partial charge < -0.3 is 19.5 Å². The first-order valence-electron chi connectivity index (χ1n) is 9.45. The normalized spacial score (nSPS) is 11.5. The molecule has 0 aliphatic rings. The second kappa shape index (κ2) is 10.0. The van der Waals surface area contributed by atoms with E-state index in [0.717, 1.165) is 0 Å². The molecule has 1 aromatic carbocycles. The van der Waals surface area contributed by atoms with Gasteiger partial charge >= 0.3 is 5.97 Å². The molecule has 0 aliphatic carbocycles. The van der Waals surface area contributed by atoms with Crippen LogP contribution in [0, 0.1) is 6.92 Å². The molecule has 8 nitrogen and oxygen atoms in total. The van der Waals surface area contributed by atoms with Crippen molar-refractivity contribution in [2.75, 3.05) is 21.3 Å². The third-order valence-corrected chi connectivity index (χ3v) is 5.78. The fourth-order valence-corrected chi connectivity index (χ4v) is 3.95. The van der Waals surface area contributed by atoms with E-state index < -0.39 is 12.0 Å². The molecule has 1 amide bonds. The molecule has 9 heteroatoms. The summed E-state index contributed by atoms with van der Waals surface area (Å²) in [5.41, 5.74) is 1.97. The van der Waals surface area contributed by atoms with Gasteiger partial charge in [-0.2, -0.15) is 0 Å². The number of benzene rings is 1. The lowest BCUT2D eigenvalue weighted by Crippen LogP contribution is -2.30. The number of hydrogen-bond donors (Lipinski definition) is 1. The Kier molecular flexibility index (Phi) is 7.19. The van der Waals surface area contributed by atoms with Crippen molar-refractivity contribution < 1.29 is 23.8 Å². The van der Waals surface area contributed by atoms with E-state index in [2.05, 4.69) is 15.3 Å². The van der Waals surface area contributed by atoms with Crippen LogP contribution in [-0.4, -0.2) is 43.2 Å². The summed E-state index contributed by atoms with van der Waals surface area (Å²) < 4.78 is 15.4. The average molecular weight is 442 g/mol. The number of amides is 1. The van der Waals surface area contributed by atoms with Gasteiger partial charge in [0.2, 0.25) is 0 Å². The van der Waals surface area contributed by atoms with E-state index in [4.69, 9.17) is 14.2 Å². The van der Waals surface area contributed by atoms with Crippen LogP contribution >= 0.6 is 11.3 Å². The lowest BCUT2D eigenvalue weighted by molar-refractivity contribution is -0.141. The van der Waals surface area contributed by atoms with Crippen molar-refractivity contribution in [1.82, 2.24) is 15.3 Å². The van der Waals surface area contributed by atoms with Gasteiger partial charge in [0.25, 0.3) is 5.91 Å².